The fourth-order valence-electron chi connectivity index (χ4n) is 1.36. The SMILES string of the molecule is CC#CCN1CCOCC1(C)C. The van der Waals surface area contributed by atoms with Gasteiger partial charge in [-0.1, -0.05) is 5.92 Å². The zero-order valence-corrected chi connectivity index (χ0v) is 8.18. The van der Waals surface area contributed by atoms with Crippen LogP contribution in [0.3, 0.4) is 0 Å². The Bertz CT molecular complexity index is 200. The second-order valence-electron chi connectivity index (χ2n) is 3.71. The van der Waals surface area contributed by atoms with Crippen LogP contribution in [0.4, 0.5) is 0 Å². The lowest BCUT2D eigenvalue weighted by molar-refractivity contribution is -0.0440. The normalized spacial score (nSPS) is 22.9. The first kappa shape index (κ1) is 9.57. The molecule has 0 radical (unpaired) electrons. The van der Waals surface area contributed by atoms with Crippen LogP contribution in [-0.4, -0.2) is 36.7 Å². The topological polar surface area (TPSA) is 12.5 Å². The van der Waals surface area contributed by atoms with Crippen LogP contribution in [-0.2, 0) is 4.74 Å². The van der Waals surface area contributed by atoms with E-state index in [9.17, 15) is 0 Å². The summed E-state index contributed by atoms with van der Waals surface area (Å²) in [7, 11) is 0. The standard InChI is InChI=1S/C10H17NO/c1-4-5-6-11-7-8-12-9-10(11,2)3/h6-9H2,1-3H3. The van der Waals surface area contributed by atoms with E-state index in [0.29, 0.717) is 0 Å². The van der Waals surface area contributed by atoms with Gasteiger partial charge in [-0.3, -0.25) is 4.90 Å². The van der Waals surface area contributed by atoms with Crippen molar-refractivity contribution < 1.29 is 4.74 Å². The molecule has 0 N–H and O–H groups in total. The van der Waals surface area contributed by atoms with E-state index < -0.39 is 0 Å². The molecule has 68 valence electrons. The van der Waals surface area contributed by atoms with Crippen molar-refractivity contribution in [2.45, 2.75) is 26.3 Å². The predicted molar refractivity (Wildman–Crippen MR) is 49.9 cm³/mol. The fraction of sp³-hybridized carbons (Fsp3) is 0.800. The quantitative estimate of drug-likeness (QED) is 0.543. The van der Waals surface area contributed by atoms with Gasteiger partial charge in [0.05, 0.1) is 19.8 Å². The number of hydrogen-bond donors (Lipinski definition) is 0. The van der Waals surface area contributed by atoms with Crippen molar-refractivity contribution in [3.05, 3.63) is 0 Å². The van der Waals surface area contributed by atoms with Gasteiger partial charge in [0.2, 0.25) is 0 Å². The van der Waals surface area contributed by atoms with Crippen LogP contribution in [0.1, 0.15) is 20.8 Å². The summed E-state index contributed by atoms with van der Waals surface area (Å²) in [6.45, 7) is 9.81. The first-order valence-electron chi connectivity index (χ1n) is 4.39. The van der Waals surface area contributed by atoms with Gasteiger partial charge in [-0.05, 0) is 20.8 Å². The molecule has 1 rings (SSSR count). The van der Waals surface area contributed by atoms with Crippen molar-refractivity contribution in [1.29, 1.82) is 0 Å². The Kier molecular flexibility index (Phi) is 3.13. The zero-order valence-electron chi connectivity index (χ0n) is 8.18. The molecular weight excluding hydrogens is 150 g/mol. The minimum atomic E-state index is 0.155. The number of ether oxygens (including phenoxy) is 1. The second-order valence-corrected chi connectivity index (χ2v) is 3.71. The summed E-state index contributed by atoms with van der Waals surface area (Å²) in [5, 5.41) is 0. The lowest BCUT2D eigenvalue weighted by Crippen LogP contribution is -2.52. The first-order valence-corrected chi connectivity index (χ1v) is 4.39. The molecule has 2 nitrogen and oxygen atoms in total. The van der Waals surface area contributed by atoms with Crippen LogP contribution in [0.25, 0.3) is 0 Å². The molecule has 1 aliphatic heterocycles. The molecule has 1 fully saturated rings. The molecule has 1 aliphatic rings. The van der Waals surface area contributed by atoms with Gasteiger partial charge in [-0.25, -0.2) is 0 Å². The fourth-order valence-corrected chi connectivity index (χ4v) is 1.36. The molecule has 0 aliphatic carbocycles. The third kappa shape index (κ3) is 2.23. The van der Waals surface area contributed by atoms with E-state index in [1.807, 2.05) is 6.92 Å². The third-order valence-electron chi connectivity index (χ3n) is 2.26. The Hall–Kier alpha value is -0.520. The summed E-state index contributed by atoms with van der Waals surface area (Å²) < 4.78 is 5.41. The Morgan fingerprint density at radius 2 is 2.25 bits per heavy atom. The van der Waals surface area contributed by atoms with Gasteiger partial charge in [-0.2, -0.15) is 0 Å². The molecule has 0 saturated carbocycles. The Labute approximate surface area is 74.9 Å². The highest BCUT2D eigenvalue weighted by Gasteiger charge is 2.29. The molecular formula is C10H17NO. The molecule has 1 heterocycles. The maximum Gasteiger partial charge on any atom is 0.0646 e. The summed E-state index contributed by atoms with van der Waals surface area (Å²) in [5.41, 5.74) is 0.155. The minimum Gasteiger partial charge on any atom is -0.378 e. The molecule has 0 spiro atoms. The van der Waals surface area contributed by atoms with Crippen molar-refractivity contribution in [1.82, 2.24) is 4.90 Å². The summed E-state index contributed by atoms with van der Waals surface area (Å²) in [5.74, 6) is 6.01. The summed E-state index contributed by atoms with van der Waals surface area (Å²) in [6, 6.07) is 0. The summed E-state index contributed by atoms with van der Waals surface area (Å²) in [6.07, 6.45) is 0. The second kappa shape index (κ2) is 3.93. The Balaban J connectivity index is 2.52. The van der Waals surface area contributed by atoms with Gasteiger partial charge >= 0.3 is 0 Å². The van der Waals surface area contributed by atoms with E-state index in [0.717, 1.165) is 26.3 Å². The van der Waals surface area contributed by atoms with Crippen LogP contribution in [0, 0.1) is 11.8 Å². The van der Waals surface area contributed by atoms with Gasteiger partial charge in [0, 0.05) is 12.1 Å². The van der Waals surface area contributed by atoms with Crippen molar-refractivity contribution in [2.24, 2.45) is 0 Å². The average molecular weight is 167 g/mol. The van der Waals surface area contributed by atoms with E-state index in [1.165, 1.54) is 0 Å². The molecule has 12 heavy (non-hydrogen) atoms. The van der Waals surface area contributed by atoms with Crippen LogP contribution < -0.4 is 0 Å². The lowest BCUT2D eigenvalue weighted by Gasteiger charge is -2.40. The molecule has 1 saturated heterocycles. The zero-order chi connectivity index (χ0) is 9.03. The molecule has 0 unspecified atom stereocenters. The van der Waals surface area contributed by atoms with Crippen molar-refractivity contribution in [3.8, 4) is 11.8 Å². The maximum atomic E-state index is 5.41. The number of nitrogens with zero attached hydrogens (tertiary/aromatic N) is 1. The van der Waals surface area contributed by atoms with Gasteiger partial charge < -0.3 is 4.74 Å². The molecule has 0 atom stereocenters. The molecule has 0 aromatic heterocycles. The highest BCUT2D eigenvalue weighted by molar-refractivity contribution is 5.00. The van der Waals surface area contributed by atoms with Crippen molar-refractivity contribution >= 4 is 0 Å². The van der Waals surface area contributed by atoms with E-state index in [4.69, 9.17) is 4.74 Å². The van der Waals surface area contributed by atoms with Gasteiger partial charge in [0.1, 0.15) is 0 Å². The van der Waals surface area contributed by atoms with E-state index in [-0.39, 0.29) is 5.54 Å². The Morgan fingerprint density at radius 3 is 2.83 bits per heavy atom. The van der Waals surface area contributed by atoms with Crippen LogP contribution in [0.2, 0.25) is 0 Å². The summed E-state index contributed by atoms with van der Waals surface area (Å²) in [4.78, 5) is 2.37. The predicted octanol–water partition coefficient (Wildman–Crippen LogP) is 1.12. The average Bonchev–Trinajstić information content (AvgIpc) is 2.02. The van der Waals surface area contributed by atoms with Crippen LogP contribution >= 0.6 is 0 Å². The number of morpholine rings is 1. The molecule has 0 aromatic carbocycles. The monoisotopic (exact) mass is 167 g/mol. The number of rotatable bonds is 1. The highest BCUT2D eigenvalue weighted by Crippen LogP contribution is 2.17. The number of hydrogen-bond acceptors (Lipinski definition) is 2. The van der Waals surface area contributed by atoms with Crippen LogP contribution in [0.15, 0.2) is 0 Å². The molecule has 0 aromatic rings. The maximum absolute atomic E-state index is 5.41. The van der Waals surface area contributed by atoms with E-state index >= 15 is 0 Å². The van der Waals surface area contributed by atoms with Crippen molar-refractivity contribution in [2.75, 3.05) is 26.3 Å². The van der Waals surface area contributed by atoms with Gasteiger partial charge in [-0.15, -0.1) is 5.92 Å². The van der Waals surface area contributed by atoms with E-state index in [1.54, 1.807) is 0 Å². The third-order valence-corrected chi connectivity index (χ3v) is 2.26. The summed E-state index contributed by atoms with van der Waals surface area (Å²) >= 11 is 0. The highest BCUT2D eigenvalue weighted by atomic mass is 16.5. The molecule has 0 bridgehead atoms. The van der Waals surface area contributed by atoms with Crippen LogP contribution in [0.5, 0.6) is 0 Å². The lowest BCUT2D eigenvalue weighted by atomic mass is 10.0. The molecule has 0 amide bonds. The largest absolute Gasteiger partial charge is 0.378 e. The van der Waals surface area contributed by atoms with Gasteiger partial charge in [0.15, 0.2) is 0 Å². The minimum absolute atomic E-state index is 0.155. The smallest absolute Gasteiger partial charge is 0.0646 e. The first-order chi connectivity index (χ1) is 5.67. The van der Waals surface area contributed by atoms with Gasteiger partial charge in [0.25, 0.3) is 0 Å². The molecule has 2 heteroatoms. The Morgan fingerprint density at radius 1 is 1.50 bits per heavy atom. The van der Waals surface area contributed by atoms with Crippen molar-refractivity contribution in [3.63, 3.8) is 0 Å². The van der Waals surface area contributed by atoms with E-state index in [2.05, 4.69) is 30.6 Å².